The van der Waals surface area contributed by atoms with Crippen molar-refractivity contribution < 1.29 is 4.79 Å². The van der Waals surface area contributed by atoms with Gasteiger partial charge < -0.3 is 0 Å². The van der Waals surface area contributed by atoms with Gasteiger partial charge in [0, 0.05) is 0 Å². The standard InChI is InChI=1S/C23H16OS/c24-23-19-12-6-7-13-21(19)25(18-10-2-1-3-11-18)22-15-17-9-5-4-8-16(17)14-20(22)23/h1-15,19H/p+1. The zero-order valence-electron chi connectivity index (χ0n) is 13.6. The summed E-state index contributed by atoms with van der Waals surface area (Å²) in [6.45, 7) is 0. The highest BCUT2D eigenvalue weighted by Gasteiger charge is 2.37. The van der Waals surface area contributed by atoms with Gasteiger partial charge in [0.05, 0.1) is 5.56 Å². The van der Waals surface area contributed by atoms with E-state index in [1.807, 2.05) is 24.3 Å². The second-order valence-corrected chi connectivity index (χ2v) is 8.58. The van der Waals surface area contributed by atoms with Gasteiger partial charge in [-0.1, -0.05) is 71.2 Å². The molecule has 1 nitrogen and oxygen atoms in total. The average Bonchev–Trinajstić information content (AvgIpc) is 2.68. The summed E-state index contributed by atoms with van der Waals surface area (Å²) in [5.74, 6) is 0.107. The minimum absolute atomic E-state index is 0.120. The van der Waals surface area contributed by atoms with E-state index in [0.29, 0.717) is 0 Å². The Balaban J connectivity index is 1.89. The van der Waals surface area contributed by atoms with Crippen LogP contribution in [0.5, 0.6) is 0 Å². The first-order chi connectivity index (χ1) is 12.3. The Morgan fingerprint density at radius 3 is 2.32 bits per heavy atom. The molecule has 0 saturated heterocycles. The van der Waals surface area contributed by atoms with Crippen molar-refractivity contribution >= 4 is 31.9 Å². The molecule has 0 aromatic heterocycles. The Kier molecular flexibility index (Phi) is 3.32. The third kappa shape index (κ3) is 2.25. The quantitative estimate of drug-likeness (QED) is 0.356. The van der Waals surface area contributed by atoms with Crippen LogP contribution in [-0.2, 0) is 10.5 Å². The number of allylic oxidation sites excluding steroid dienone is 4. The smallest absolute Gasteiger partial charge is 0.183 e. The number of hydrogen-bond acceptors (Lipinski definition) is 1. The molecule has 120 valence electrons. The van der Waals surface area contributed by atoms with E-state index >= 15 is 0 Å². The summed E-state index contributed by atoms with van der Waals surface area (Å²) in [7, 11) is -0.682. The first kappa shape index (κ1) is 14.6. The third-order valence-corrected chi connectivity index (χ3v) is 7.54. The molecule has 0 amide bonds. The van der Waals surface area contributed by atoms with Crippen molar-refractivity contribution in [1.82, 2.24) is 0 Å². The van der Waals surface area contributed by atoms with Crippen LogP contribution in [0.2, 0.25) is 0 Å². The zero-order valence-corrected chi connectivity index (χ0v) is 14.5. The molecule has 3 aromatic carbocycles. The Labute approximate surface area is 149 Å². The minimum atomic E-state index is -0.682. The van der Waals surface area contributed by atoms with E-state index in [-0.39, 0.29) is 11.7 Å². The van der Waals surface area contributed by atoms with Crippen LogP contribution < -0.4 is 0 Å². The molecule has 0 fully saturated rings. The van der Waals surface area contributed by atoms with Crippen molar-refractivity contribution in [3.05, 3.63) is 96.6 Å². The maximum Gasteiger partial charge on any atom is 0.183 e. The van der Waals surface area contributed by atoms with Crippen LogP contribution in [-0.4, -0.2) is 10.6 Å². The summed E-state index contributed by atoms with van der Waals surface area (Å²) >= 11 is 0. The third-order valence-electron chi connectivity index (χ3n) is 4.93. The molecule has 25 heavy (non-hydrogen) atoms. The Morgan fingerprint density at radius 1 is 0.800 bits per heavy atom. The Bertz CT molecular complexity index is 1100. The van der Waals surface area contributed by atoms with Gasteiger partial charge in [0.2, 0.25) is 0 Å². The lowest BCUT2D eigenvalue weighted by atomic mass is 9.90. The molecule has 0 radical (unpaired) electrons. The lowest BCUT2D eigenvalue weighted by Crippen LogP contribution is -2.31. The van der Waals surface area contributed by atoms with Crippen LogP contribution in [0, 0.1) is 5.92 Å². The second kappa shape index (κ2) is 5.68. The number of benzene rings is 3. The topological polar surface area (TPSA) is 17.1 Å². The number of hydrogen-bond donors (Lipinski definition) is 0. The molecule has 1 heterocycles. The average molecular weight is 341 g/mol. The lowest BCUT2D eigenvalue weighted by Gasteiger charge is -2.24. The molecule has 2 heteroatoms. The maximum atomic E-state index is 13.2. The maximum absolute atomic E-state index is 13.2. The Morgan fingerprint density at radius 2 is 1.52 bits per heavy atom. The minimum Gasteiger partial charge on any atom is -0.293 e. The number of thiol groups is 1. The van der Waals surface area contributed by atoms with Crippen molar-refractivity contribution in [1.29, 1.82) is 0 Å². The summed E-state index contributed by atoms with van der Waals surface area (Å²) in [5, 5.41) is 2.34. The van der Waals surface area contributed by atoms with E-state index in [1.54, 1.807) is 0 Å². The zero-order chi connectivity index (χ0) is 16.8. The highest BCUT2D eigenvalue weighted by molar-refractivity contribution is 7.97. The van der Waals surface area contributed by atoms with Gasteiger partial charge in [-0.2, -0.15) is 0 Å². The largest absolute Gasteiger partial charge is 0.293 e. The van der Waals surface area contributed by atoms with Crippen LogP contribution in [0.3, 0.4) is 0 Å². The van der Waals surface area contributed by atoms with Crippen molar-refractivity contribution in [3.8, 4) is 0 Å². The van der Waals surface area contributed by atoms with Gasteiger partial charge in [-0.3, -0.25) is 4.79 Å². The summed E-state index contributed by atoms with van der Waals surface area (Å²) in [6, 6.07) is 23.2. The molecular formula is C23H17OS+. The number of carbonyl (C=O) groups is 1. The molecule has 0 spiro atoms. The van der Waals surface area contributed by atoms with Gasteiger partial charge in [-0.15, -0.1) is 0 Å². The highest BCUT2D eigenvalue weighted by atomic mass is 32.2. The van der Waals surface area contributed by atoms with Crippen LogP contribution in [0.4, 0.5) is 0 Å². The first-order valence-corrected chi connectivity index (χ1v) is 9.81. The fourth-order valence-electron chi connectivity index (χ4n) is 3.75. The molecule has 2 atom stereocenters. The van der Waals surface area contributed by atoms with E-state index in [2.05, 4.69) is 66.7 Å². The van der Waals surface area contributed by atoms with Crippen molar-refractivity contribution in [2.24, 2.45) is 5.92 Å². The Hall–Kier alpha value is -2.71. The molecule has 1 aliphatic heterocycles. The lowest BCUT2D eigenvalue weighted by molar-refractivity contribution is 0.0969. The SMILES string of the molecule is O=C1c2cc3ccccc3cc2[SH+](c2ccccc2)=C2C=CC=CC12. The van der Waals surface area contributed by atoms with Gasteiger partial charge in [0.25, 0.3) is 0 Å². The molecule has 1 aliphatic carbocycles. The van der Waals surface area contributed by atoms with Crippen molar-refractivity contribution in [2.45, 2.75) is 9.79 Å². The van der Waals surface area contributed by atoms with Gasteiger partial charge >= 0.3 is 0 Å². The first-order valence-electron chi connectivity index (χ1n) is 8.47. The molecular weight excluding hydrogens is 324 g/mol. The van der Waals surface area contributed by atoms with Crippen molar-refractivity contribution in [2.75, 3.05) is 0 Å². The van der Waals surface area contributed by atoms with Gasteiger partial charge in [0.1, 0.15) is 20.6 Å². The second-order valence-electron chi connectivity index (χ2n) is 6.40. The van der Waals surface area contributed by atoms with Gasteiger partial charge in [-0.25, -0.2) is 0 Å². The summed E-state index contributed by atoms with van der Waals surface area (Å²) < 4.78 is 0. The molecule has 3 aromatic rings. The molecule has 0 bridgehead atoms. The van der Waals surface area contributed by atoms with Crippen LogP contribution in [0.1, 0.15) is 10.4 Å². The molecule has 0 N–H and O–H groups in total. The number of Topliss-reactive ketones (excluding diaryl/α,β-unsaturated/α-hetero) is 1. The predicted octanol–water partition coefficient (Wildman–Crippen LogP) is 4.72. The van der Waals surface area contributed by atoms with Crippen molar-refractivity contribution in [3.63, 3.8) is 0 Å². The number of fused-ring (bicyclic) bond motifs is 3. The van der Waals surface area contributed by atoms with E-state index < -0.39 is 10.5 Å². The van der Waals surface area contributed by atoms with Crippen LogP contribution in [0.25, 0.3) is 10.8 Å². The fourth-order valence-corrected chi connectivity index (χ4v) is 6.47. The normalized spacial score (nSPS) is 21.3. The van der Waals surface area contributed by atoms with E-state index in [0.717, 1.165) is 10.9 Å². The molecule has 2 unspecified atom stereocenters. The highest BCUT2D eigenvalue weighted by Crippen LogP contribution is 2.35. The van der Waals surface area contributed by atoms with Crippen LogP contribution >= 0.6 is 0 Å². The monoisotopic (exact) mass is 341 g/mol. The number of ketones is 1. The van der Waals surface area contributed by atoms with Crippen LogP contribution in [0.15, 0.2) is 101 Å². The summed E-state index contributed by atoms with van der Waals surface area (Å²) in [6.07, 6.45) is 8.26. The molecule has 5 rings (SSSR count). The summed E-state index contributed by atoms with van der Waals surface area (Å²) in [4.78, 5) is 16.9. The van der Waals surface area contributed by atoms with E-state index in [9.17, 15) is 4.79 Å². The molecule has 0 saturated carbocycles. The van der Waals surface area contributed by atoms with E-state index in [4.69, 9.17) is 0 Å². The number of rotatable bonds is 1. The predicted molar refractivity (Wildman–Crippen MR) is 107 cm³/mol. The fraction of sp³-hybridized carbons (Fsp3) is 0.0435. The summed E-state index contributed by atoms with van der Waals surface area (Å²) in [5.41, 5.74) is 0.891. The number of carbonyl (C=O) groups excluding carboxylic acids is 1. The molecule has 2 aliphatic rings. The van der Waals surface area contributed by atoms with Gasteiger partial charge in [0.15, 0.2) is 5.78 Å². The van der Waals surface area contributed by atoms with E-state index in [1.165, 1.54) is 20.0 Å². The van der Waals surface area contributed by atoms with Gasteiger partial charge in [-0.05, 0) is 41.1 Å².